The smallest absolute Gasteiger partial charge is 0.271 e. The molecule has 0 aliphatic rings. The van der Waals surface area contributed by atoms with Crippen molar-refractivity contribution < 1.29 is 27.3 Å². The van der Waals surface area contributed by atoms with Crippen LogP contribution < -0.4 is 4.74 Å². The maximum absolute atomic E-state index is 13.8. The van der Waals surface area contributed by atoms with E-state index in [1.54, 1.807) is 0 Å². The molecule has 0 bridgehead atoms. The quantitative estimate of drug-likeness (QED) is 0.465. The summed E-state index contributed by atoms with van der Waals surface area (Å²) in [7, 11) is -3.82. The Hall–Kier alpha value is -2.81. The summed E-state index contributed by atoms with van der Waals surface area (Å²) in [5, 5.41) is 10.8. The molecule has 0 saturated heterocycles. The van der Waals surface area contributed by atoms with Gasteiger partial charge in [0.25, 0.3) is 5.69 Å². The lowest BCUT2D eigenvalue weighted by molar-refractivity contribution is -0.385. The first-order valence-electron chi connectivity index (χ1n) is 6.56. The van der Waals surface area contributed by atoms with Crippen molar-refractivity contribution in [3.63, 3.8) is 0 Å². The van der Waals surface area contributed by atoms with Gasteiger partial charge in [-0.05, 0) is 25.1 Å². The number of hydrogen-bond donors (Lipinski definition) is 0. The molecule has 7 nitrogen and oxygen atoms in total. The fourth-order valence-electron chi connectivity index (χ4n) is 1.96. The number of nitrogens with zero attached hydrogens (tertiary/aromatic N) is 1. The van der Waals surface area contributed by atoms with Gasteiger partial charge in [-0.15, -0.1) is 0 Å². The second-order valence-corrected chi connectivity index (χ2v) is 6.94. The third kappa shape index (κ3) is 3.74. The van der Waals surface area contributed by atoms with Crippen molar-refractivity contribution in [1.29, 1.82) is 0 Å². The number of benzene rings is 2. The summed E-state index contributed by atoms with van der Waals surface area (Å²) >= 11 is 0. The minimum atomic E-state index is -3.82. The molecule has 0 saturated carbocycles. The van der Waals surface area contributed by atoms with E-state index in [0.29, 0.717) is 0 Å². The third-order valence-corrected chi connectivity index (χ3v) is 4.20. The standard InChI is InChI=1S/C15H12FNO6S/c1-9(18)12-5-4-11(8-13(12)16)23-14-6-3-10(17(19)20)7-15(14)24(2,21)22/h3-8H,1-2H3. The van der Waals surface area contributed by atoms with E-state index in [4.69, 9.17) is 4.74 Å². The lowest BCUT2D eigenvalue weighted by Crippen LogP contribution is -2.02. The molecule has 0 unspecified atom stereocenters. The Bertz CT molecular complexity index is 939. The third-order valence-electron chi connectivity index (χ3n) is 3.09. The Morgan fingerprint density at radius 1 is 1.21 bits per heavy atom. The topological polar surface area (TPSA) is 104 Å². The Balaban J connectivity index is 2.48. The van der Waals surface area contributed by atoms with E-state index < -0.39 is 36.9 Å². The van der Waals surface area contributed by atoms with E-state index in [1.807, 2.05) is 0 Å². The molecule has 0 aromatic heterocycles. The molecule has 0 aliphatic heterocycles. The SMILES string of the molecule is CC(=O)c1ccc(Oc2ccc([N+](=O)[O-])cc2S(C)(=O)=O)cc1F. The van der Waals surface area contributed by atoms with Crippen molar-refractivity contribution >= 4 is 21.3 Å². The first-order valence-corrected chi connectivity index (χ1v) is 8.45. The molecule has 0 heterocycles. The minimum absolute atomic E-state index is 0.0451. The Labute approximate surface area is 136 Å². The van der Waals surface area contributed by atoms with Crippen molar-refractivity contribution in [3.05, 3.63) is 57.9 Å². The monoisotopic (exact) mass is 353 g/mol. The van der Waals surface area contributed by atoms with Gasteiger partial charge in [0.2, 0.25) is 0 Å². The van der Waals surface area contributed by atoms with Crippen LogP contribution in [0.1, 0.15) is 17.3 Å². The molecule has 0 atom stereocenters. The van der Waals surface area contributed by atoms with Gasteiger partial charge in [0.05, 0.1) is 10.5 Å². The molecule has 0 aliphatic carbocycles. The van der Waals surface area contributed by atoms with Crippen LogP contribution in [0.4, 0.5) is 10.1 Å². The van der Waals surface area contributed by atoms with E-state index in [0.717, 1.165) is 30.5 Å². The number of hydrogen-bond acceptors (Lipinski definition) is 6. The van der Waals surface area contributed by atoms with Gasteiger partial charge in [-0.3, -0.25) is 14.9 Å². The highest BCUT2D eigenvalue weighted by atomic mass is 32.2. The Kier molecular flexibility index (Phi) is 4.65. The summed E-state index contributed by atoms with van der Waals surface area (Å²) in [6.45, 7) is 1.21. The Morgan fingerprint density at radius 2 is 1.88 bits per heavy atom. The van der Waals surface area contributed by atoms with Gasteiger partial charge < -0.3 is 4.74 Å². The van der Waals surface area contributed by atoms with Crippen molar-refractivity contribution in [3.8, 4) is 11.5 Å². The number of ketones is 1. The van der Waals surface area contributed by atoms with Gasteiger partial charge in [0, 0.05) is 24.5 Å². The molecule has 0 spiro atoms. The van der Waals surface area contributed by atoms with Crippen LogP contribution in [0.5, 0.6) is 11.5 Å². The first kappa shape index (κ1) is 17.5. The van der Waals surface area contributed by atoms with E-state index in [-0.39, 0.29) is 17.1 Å². The molecular weight excluding hydrogens is 341 g/mol. The minimum Gasteiger partial charge on any atom is -0.456 e. The summed E-state index contributed by atoms with van der Waals surface area (Å²) in [6.07, 6.45) is 0.873. The van der Waals surface area contributed by atoms with Crippen molar-refractivity contribution in [2.45, 2.75) is 11.8 Å². The second kappa shape index (κ2) is 6.36. The van der Waals surface area contributed by atoms with Crippen LogP contribution in [-0.4, -0.2) is 25.4 Å². The van der Waals surface area contributed by atoms with E-state index in [9.17, 15) is 27.7 Å². The molecule has 0 amide bonds. The van der Waals surface area contributed by atoms with Crippen LogP contribution in [-0.2, 0) is 9.84 Å². The van der Waals surface area contributed by atoms with E-state index >= 15 is 0 Å². The van der Waals surface area contributed by atoms with Gasteiger partial charge >= 0.3 is 0 Å². The number of carbonyl (C=O) groups is 1. The predicted octanol–water partition coefficient (Wildman–Crippen LogP) is 3.13. The lowest BCUT2D eigenvalue weighted by Gasteiger charge is -2.10. The fraction of sp³-hybridized carbons (Fsp3) is 0.133. The number of rotatable bonds is 5. The van der Waals surface area contributed by atoms with Crippen LogP contribution in [0.15, 0.2) is 41.3 Å². The highest BCUT2D eigenvalue weighted by molar-refractivity contribution is 7.90. The molecule has 9 heteroatoms. The maximum atomic E-state index is 13.8. The summed E-state index contributed by atoms with van der Waals surface area (Å²) in [5.74, 6) is -1.51. The zero-order chi connectivity index (χ0) is 18.1. The van der Waals surface area contributed by atoms with Crippen molar-refractivity contribution in [2.75, 3.05) is 6.26 Å². The molecule has 2 aromatic carbocycles. The van der Waals surface area contributed by atoms with Crippen LogP contribution in [0, 0.1) is 15.9 Å². The van der Waals surface area contributed by atoms with Crippen LogP contribution in [0.2, 0.25) is 0 Å². The molecular formula is C15H12FNO6S. The molecule has 0 N–H and O–H groups in total. The number of carbonyl (C=O) groups excluding carboxylic acids is 1. The summed E-state index contributed by atoms with van der Waals surface area (Å²) < 4.78 is 42.7. The van der Waals surface area contributed by atoms with Crippen molar-refractivity contribution in [1.82, 2.24) is 0 Å². The summed E-state index contributed by atoms with van der Waals surface area (Å²) in [4.78, 5) is 20.9. The summed E-state index contributed by atoms with van der Waals surface area (Å²) in [5.41, 5.74) is -0.546. The molecule has 0 radical (unpaired) electrons. The molecule has 126 valence electrons. The first-order chi connectivity index (χ1) is 11.1. The largest absolute Gasteiger partial charge is 0.456 e. The van der Waals surface area contributed by atoms with Gasteiger partial charge in [-0.2, -0.15) is 0 Å². The number of Topliss-reactive ketones (excluding diaryl/α,β-unsaturated/α-hetero) is 1. The Morgan fingerprint density at radius 3 is 2.38 bits per heavy atom. The normalized spacial score (nSPS) is 11.1. The van der Waals surface area contributed by atoms with Crippen LogP contribution >= 0.6 is 0 Å². The molecule has 2 rings (SSSR count). The molecule has 0 fully saturated rings. The number of ether oxygens (including phenoxy) is 1. The lowest BCUT2D eigenvalue weighted by atomic mass is 10.1. The molecule has 24 heavy (non-hydrogen) atoms. The van der Waals surface area contributed by atoms with Crippen LogP contribution in [0.25, 0.3) is 0 Å². The maximum Gasteiger partial charge on any atom is 0.271 e. The number of halogens is 1. The van der Waals surface area contributed by atoms with Crippen LogP contribution in [0.3, 0.4) is 0 Å². The van der Waals surface area contributed by atoms with Gasteiger partial charge in [-0.1, -0.05) is 0 Å². The average molecular weight is 353 g/mol. The van der Waals surface area contributed by atoms with Gasteiger partial charge in [0.1, 0.15) is 22.2 Å². The zero-order valence-corrected chi connectivity index (χ0v) is 13.5. The van der Waals surface area contributed by atoms with Crippen molar-refractivity contribution in [2.24, 2.45) is 0 Å². The summed E-state index contributed by atoms with van der Waals surface area (Å²) in [6, 6.07) is 6.50. The highest BCUT2D eigenvalue weighted by Gasteiger charge is 2.20. The molecule has 2 aromatic rings. The number of non-ortho nitro benzene ring substituents is 1. The highest BCUT2D eigenvalue weighted by Crippen LogP contribution is 2.32. The number of nitro benzene ring substituents is 1. The predicted molar refractivity (Wildman–Crippen MR) is 82.7 cm³/mol. The van der Waals surface area contributed by atoms with E-state index in [1.165, 1.54) is 19.1 Å². The average Bonchev–Trinajstić information content (AvgIpc) is 2.45. The fourth-order valence-corrected chi connectivity index (χ4v) is 2.77. The zero-order valence-electron chi connectivity index (χ0n) is 12.6. The van der Waals surface area contributed by atoms with E-state index in [2.05, 4.69) is 0 Å². The van der Waals surface area contributed by atoms with Gasteiger partial charge in [-0.25, -0.2) is 12.8 Å². The number of sulfone groups is 1. The second-order valence-electron chi connectivity index (χ2n) is 4.96. The van der Waals surface area contributed by atoms with Gasteiger partial charge in [0.15, 0.2) is 15.6 Å². The number of nitro groups is 1.